The topological polar surface area (TPSA) is 122 Å². The molecule has 0 saturated carbocycles. The van der Waals surface area contributed by atoms with Gasteiger partial charge in [-0.05, 0) is 19.3 Å². The fraction of sp³-hybridized carbons (Fsp3) is 0.800. The van der Waals surface area contributed by atoms with Crippen LogP contribution in [-0.4, -0.2) is 42.9 Å². The van der Waals surface area contributed by atoms with E-state index in [2.05, 4.69) is 10.5 Å². The number of carbonyl (C=O) groups excluding carboxylic acids is 1. The maximum atomic E-state index is 11.9. The van der Waals surface area contributed by atoms with Gasteiger partial charge >= 0.3 is 0 Å². The lowest BCUT2D eigenvalue weighted by Crippen LogP contribution is -2.47. The van der Waals surface area contributed by atoms with Crippen molar-refractivity contribution in [1.82, 2.24) is 5.32 Å². The number of oxime groups is 1. The summed E-state index contributed by atoms with van der Waals surface area (Å²) < 4.78 is 22.9. The highest BCUT2D eigenvalue weighted by Crippen LogP contribution is 2.13. The number of hydrogen-bond acceptors (Lipinski definition) is 5. The van der Waals surface area contributed by atoms with Gasteiger partial charge < -0.3 is 16.3 Å². The van der Waals surface area contributed by atoms with Crippen LogP contribution in [-0.2, 0) is 14.6 Å². The van der Waals surface area contributed by atoms with E-state index >= 15 is 0 Å². The van der Waals surface area contributed by atoms with E-state index in [-0.39, 0.29) is 23.4 Å². The molecule has 0 aromatic carbocycles. The smallest absolute Gasteiger partial charge is 0.231 e. The molecule has 1 rings (SSSR count). The first-order valence-electron chi connectivity index (χ1n) is 5.87. The Balaban J connectivity index is 2.64. The first-order chi connectivity index (χ1) is 8.39. The van der Waals surface area contributed by atoms with Crippen LogP contribution in [0.4, 0.5) is 0 Å². The molecule has 2 unspecified atom stereocenters. The molecule has 1 heterocycles. The number of carbonyl (C=O) groups is 1. The van der Waals surface area contributed by atoms with Crippen molar-refractivity contribution in [2.45, 2.75) is 32.2 Å². The van der Waals surface area contributed by atoms with Gasteiger partial charge in [-0.1, -0.05) is 12.1 Å². The van der Waals surface area contributed by atoms with E-state index in [1.807, 2.05) is 0 Å². The highest BCUT2D eigenvalue weighted by atomic mass is 32.2. The minimum atomic E-state index is -3.06. The van der Waals surface area contributed by atoms with Gasteiger partial charge in [-0.3, -0.25) is 4.79 Å². The van der Waals surface area contributed by atoms with Crippen molar-refractivity contribution < 1.29 is 18.4 Å². The molecule has 2 atom stereocenters. The fourth-order valence-electron chi connectivity index (χ4n) is 2.04. The largest absolute Gasteiger partial charge is 0.409 e. The summed E-state index contributed by atoms with van der Waals surface area (Å²) >= 11 is 0. The average molecular weight is 277 g/mol. The van der Waals surface area contributed by atoms with E-state index in [4.69, 9.17) is 10.9 Å². The third-order valence-electron chi connectivity index (χ3n) is 3.01. The van der Waals surface area contributed by atoms with Crippen LogP contribution >= 0.6 is 0 Å². The van der Waals surface area contributed by atoms with Gasteiger partial charge in [0.2, 0.25) is 5.91 Å². The number of nitrogens with two attached hydrogens (primary N) is 1. The first-order valence-corrected chi connectivity index (χ1v) is 7.70. The zero-order valence-electron chi connectivity index (χ0n) is 10.3. The summed E-state index contributed by atoms with van der Waals surface area (Å²) in [5, 5.41) is 14.0. The number of nitrogens with zero attached hydrogens (tertiary/aromatic N) is 1. The summed E-state index contributed by atoms with van der Waals surface area (Å²) in [4.78, 5) is 11.9. The number of rotatable bonds is 4. The number of nitrogens with one attached hydrogen (secondary N) is 1. The van der Waals surface area contributed by atoms with Crippen molar-refractivity contribution in [2.24, 2.45) is 16.8 Å². The van der Waals surface area contributed by atoms with Gasteiger partial charge in [0.25, 0.3) is 0 Å². The SMILES string of the molecule is CCC(C(=O)NC1CCCS(=O)(=O)C1)C(N)=NO. The molecular weight excluding hydrogens is 258 g/mol. The minimum Gasteiger partial charge on any atom is -0.409 e. The third-order valence-corrected chi connectivity index (χ3v) is 4.83. The molecule has 0 aliphatic carbocycles. The molecule has 1 aliphatic heterocycles. The van der Waals surface area contributed by atoms with Gasteiger partial charge in [0.1, 0.15) is 0 Å². The van der Waals surface area contributed by atoms with Gasteiger partial charge in [-0.2, -0.15) is 0 Å². The van der Waals surface area contributed by atoms with E-state index in [0.29, 0.717) is 19.3 Å². The van der Waals surface area contributed by atoms with E-state index in [1.54, 1.807) is 6.92 Å². The predicted octanol–water partition coefficient (Wildman–Crippen LogP) is -0.548. The Morgan fingerprint density at radius 3 is 2.78 bits per heavy atom. The summed E-state index contributed by atoms with van der Waals surface area (Å²) in [6, 6.07) is -0.378. The third kappa shape index (κ3) is 3.86. The van der Waals surface area contributed by atoms with E-state index in [0.717, 1.165) is 0 Å². The molecule has 0 bridgehead atoms. The van der Waals surface area contributed by atoms with Crippen LogP contribution in [0, 0.1) is 5.92 Å². The van der Waals surface area contributed by atoms with Crippen LogP contribution in [0.15, 0.2) is 5.16 Å². The standard InChI is InChI=1S/C10H19N3O4S/c1-2-8(9(11)13-15)10(14)12-7-4-3-5-18(16,17)6-7/h7-8,15H,2-6H2,1H3,(H2,11,13)(H,12,14). The quantitative estimate of drug-likeness (QED) is 0.275. The Morgan fingerprint density at radius 1 is 1.61 bits per heavy atom. The number of amides is 1. The molecule has 7 nitrogen and oxygen atoms in total. The second kappa shape index (κ2) is 6.03. The Hall–Kier alpha value is -1.31. The van der Waals surface area contributed by atoms with Gasteiger partial charge in [0.05, 0.1) is 17.4 Å². The lowest BCUT2D eigenvalue weighted by molar-refractivity contribution is -0.123. The van der Waals surface area contributed by atoms with E-state index in [9.17, 15) is 13.2 Å². The molecule has 0 radical (unpaired) electrons. The van der Waals surface area contributed by atoms with E-state index < -0.39 is 21.7 Å². The van der Waals surface area contributed by atoms with Gasteiger partial charge in [-0.15, -0.1) is 0 Å². The van der Waals surface area contributed by atoms with Crippen LogP contribution < -0.4 is 11.1 Å². The van der Waals surface area contributed by atoms with Crippen molar-refractivity contribution in [3.05, 3.63) is 0 Å². The molecule has 4 N–H and O–H groups in total. The zero-order valence-corrected chi connectivity index (χ0v) is 11.1. The van der Waals surface area contributed by atoms with Gasteiger partial charge in [-0.25, -0.2) is 8.42 Å². The lowest BCUT2D eigenvalue weighted by atomic mass is 10.0. The van der Waals surface area contributed by atoms with Crippen molar-refractivity contribution >= 4 is 21.6 Å². The molecule has 18 heavy (non-hydrogen) atoms. The second-order valence-electron chi connectivity index (χ2n) is 4.45. The second-order valence-corrected chi connectivity index (χ2v) is 6.68. The predicted molar refractivity (Wildman–Crippen MR) is 67.0 cm³/mol. The van der Waals surface area contributed by atoms with Crippen LogP contribution in [0.1, 0.15) is 26.2 Å². The normalized spacial score (nSPS) is 25.4. The molecule has 1 saturated heterocycles. The Bertz CT molecular complexity index is 432. The Labute approximate surface area is 106 Å². The molecule has 0 spiro atoms. The fourth-order valence-corrected chi connectivity index (χ4v) is 3.67. The molecule has 0 aromatic heterocycles. The molecule has 0 aromatic rings. The monoisotopic (exact) mass is 277 g/mol. The van der Waals surface area contributed by atoms with Crippen LogP contribution in [0.25, 0.3) is 0 Å². The van der Waals surface area contributed by atoms with Crippen molar-refractivity contribution in [3.63, 3.8) is 0 Å². The molecular formula is C10H19N3O4S. The maximum absolute atomic E-state index is 11.9. The number of amidine groups is 1. The first kappa shape index (κ1) is 14.7. The molecule has 1 aliphatic rings. The van der Waals surface area contributed by atoms with Crippen LogP contribution in [0.5, 0.6) is 0 Å². The average Bonchev–Trinajstić information content (AvgIpc) is 2.28. The molecule has 104 valence electrons. The van der Waals surface area contributed by atoms with Gasteiger partial charge in [0.15, 0.2) is 15.7 Å². The Kier molecular flexibility index (Phi) is 4.94. The molecule has 1 fully saturated rings. The summed E-state index contributed by atoms with van der Waals surface area (Å²) in [6.45, 7) is 1.74. The summed E-state index contributed by atoms with van der Waals surface area (Å²) in [5.41, 5.74) is 5.41. The summed E-state index contributed by atoms with van der Waals surface area (Å²) in [7, 11) is -3.06. The summed E-state index contributed by atoms with van der Waals surface area (Å²) in [6.07, 6.45) is 1.58. The van der Waals surface area contributed by atoms with Crippen molar-refractivity contribution in [3.8, 4) is 0 Å². The van der Waals surface area contributed by atoms with Crippen LogP contribution in [0.3, 0.4) is 0 Å². The van der Waals surface area contributed by atoms with Gasteiger partial charge in [0, 0.05) is 6.04 Å². The maximum Gasteiger partial charge on any atom is 0.231 e. The van der Waals surface area contributed by atoms with Crippen LogP contribution in [0.2, 0.25) is 0 Å². The van der Waals surface area contributed by atoms with Crippen molar-refractivity contribution in [1.29, 1.82) is 0 Å². The van der Waals surface area contributed by atoms with Crippen molar-refractivity contribution in [2.75, 3.05) is 11.5 Å². The lowest BCUT2D eigenvalue weighted by Gasteiger charge is -2.24. The highest BCUT2D eigenvalue weighted by Gasteiger charge is 2.29. The number of sulfone groups is 1. The van der Waals surface area contributed by atoms with E-state index in [1.165, 1.54) is 0 Å². The molecule has 8 heteroatoms. The Morgan fingerprint density at radius 2 is 2.28 bits per heavy atom. The highest BCUT2D eigenvalue weighted by molar-refractivity contribution is 7.91. The minimum absolute atomic E-state index is 0.0364. The number of hydrogen-bond donors (Lipinski definition) is 3. The zero-order chi connectivity index (χ0) is 13.8. The summed E-state index contributed by atoms with van der Waals surface area (Å²) in [5.74, 6) is -1.13. The molecule has 1 amide bonds.